The predicted molar refractivity (Wildman–Crippen MR) is 56.8 cm³/mol. The fourth-order valence-electron chi connectivity index (χ4n) is 2.10. The third kappa shape index (κ3) is 3.63. The Labute approximate surface area is 81.9 Å². The van der Waals surface area contributed by atoms with Crippen LogP contribution in [0.2, 0.25) is 0 Å². The Kier molecular flexibility index (Phi) is 4.70. The van der Waals surface area contributed by atoms with E-state index in [9.17, 15) is 0 Å². The molecule has 0 spiro atoms. The number of rotatable bonds is 5. The van der Waals surface area contributed by atoms with Crippen LogP contribution in [0.4, 0.5) is 0 Å². The predicted octanol–water partition coefficient (Wildman–Crippen LogP) is 0.219. The lowest BCUT2D eigenvalue weighted by molar-refractivity contribution is 0.246. The second-order valence-electron chi connectivity index (χ2n) is 4.10. The first-order valence-corrected chi connectivity index (χ1v) is 5.37. The monoisotopic (exact) mass is 185 g/mol. The highest BCUT2D eigenvalue weighted by Crippen LogP contribution is 2.15. The molecule has 1 heterocycles. The molecule has 1 fully saturated rings. The molecule has 0 radical (unpaired) electrons. The summed E-state index contributed by atoms with van der Waals surface area (Å²) in [6.07, 6.45) is 1.36. The van der Waals surface area contributed by atoms with Crippen LogP contribution in [0.15, 0.2) is 0 Å². The van der Waals surface area contributed by atoms with Crippen molar-refractivity contribution in [3.8, 4) is 0 Å². The van der Waals surface area contributed by atoms with Crippen molar-refractivity contribution < 1.29 is 0 Å². The van der Waals surface area contributed by atoms with Crippen molar-refractivity contribution in [1.82, 2.24) is 9.80 Å². The summed E-state index contributed by atoms with van der Waals surface area (Å²) < 4.78 is 0. The van der Waals surface area contributed by atoms with E-state index >= 15 is 0 Å². The van der Waals surface area contributed by atoms with Gasteiger partial charge in [0.05, 0.1) is 0 Å². The summed E-state index contributed by atoms with van der Waals surface area (Å²) in [6, 6.07) is 0. The van der Waals surface area contributed by atoms with Crippen LogP contribution in [0.25, 0.3) is 0 Å². The zero-order valence-electron chi connectivity index (χ0n) is 9.00. The lowest BCUT2D eigenvalue weighted by Gasteiger charge is -2.23. The Morgan fingerprint density at radius 2 is 2.31 bits per heavy atom. The molecule has 1 aliphatic rings. The van der Waals surface area contributed by atoms with E-state index in [1.807, 2.05) is 0 Å². The summed E-state index contributed by atoms with van der Waals surface area (Å²) >= 11 is 0. The molecule has 3 heteroatoms. The normalized spacial score (nSPS) is 24.5. The maximum atomic E-state index is 5.55. The minimum absolute atomic E-state index is 0.788. The second kappa shape index (κ2) is 5.58. The molecule has 1 aliphatic heterocycles. The van der Waals surface area contributed by atoms with E-state index in [4.69, 9.17) is 5.73 Å². The lowest BCUT2D eigenvalue weighted by atomic mass is 10.1. The van der Waals surface area contributed by atoms with E-state index in [1.165, 1.54) is 26.1 Å². The van der Waals surface area contributed by atoms with Gasteiger partial charge in [-0.25, -0.2) is 0 Å². The third-order valence-corrected chi connectivity index (χ3v) is 2.90. The van der Waals surface area contributed by atoms with Gasteiger partial charge in [0, 0.05) is 26.2 Å². The molecular weight excluding hydrogens is 162 g/mol. The van der Waals surface area contributed by atoms with Gasteiger partial charge in [0.25, 0.3) is 0 Å². The molecule has 0 bridgehead atoms. The zero-order chi connectivity index (χ0) is 9.68. The topological polar surface area (TPSA) is 32.5 Å². The highest BCUT2D eigenvalue weighted by Gasteiger charge is 2.20. The molecule has 0 saturated carbocycles. The Bertz CT molecular complexity index is 136. The molecule has 1 rings (SSSR count). The number of likely N-dealkylation sites (N-methyl/N-ethyl adjacent to an activating group) is 1. The van der Waals surface area contributed by atoms with Gasteiger partial charge in [-0.15, -0.1) is 0 Å². The maximum Gasteiger partial charge on any atom is 0.0105 e. The summed E-state index contributed by atoms with van der Waals surface area (Å²) in [5.41, 5.74) is 5.55. The van der Waals surface area contributed by atoms with Crippen LogP contribution in [0, 0.1) is 5.92 Å². The van der Waals surface area contributed by atoms with Crippen molar-refractivity contribution in [3.63, 3.8) is 0 Å². The number of likely N-dealkylation sites (tertiary alicyclic amines) is 1. The summed E-state index contributed by atoms with van der Waals surface area (Å²) in [5.74, 6) is 0.872. The highest BCUT2D eigenvalue weighted by atomic mass is 15.2. The maximum absolute atomic E-state index is 5.55. The summed E-state index contributed by atoms with van der Waals surface area (Å²) in [5, 5.41) is 0. The molecule has 1 atom stereocenters. The molecule has 0 aromatic heterocycles. The molecule has 0 aromatic rings. The molecule has 1 saturated heterocycles. The molecule has 13 heavy (non-hydrogen) atoms. The molecule has 0 aliphatic carbocycles. The minimum atomic E-state index is 0.788. The summed E-state index contributed by atoms with van der Waals surface area (Å²) in [7, 11) is 2.21. The van der Waals surface area contributed by atoms with Crippen molar-refractivity contribution >= 4 is 0 Å². The second-order valence-corrected chi connectivity index (χ2v) is 4.10. The van der Waals surface area contributed by atoms with E-state index in [2.05, 4.69) is 23.8 Å². The molecule has 3 nitrogen and oxygen atoms in total. The standard InChI is InChI=1S/C10H23N3/c1-3-13(7-5-11)9-10-4-6-12(2)8-10/h10H,3-9,11H2,1-2H3. The van der Waals surface area contributed by atoms with Crippen molar-refractivity contribution in [2.45, 2.75) is 13.3 Å². The molecule has 1 unspecified atom stereocenters. The van der Waals surface area contributed by atoms with Gasteiger partial charge in [-0.3, -0.25) is 0 Å². The number of nitrogens with zero attached hydrogens (tertiary/aromatic N) is 2. The van der Waals surface area contributed by atoms with Gasteiger partial charge in [-0.05, 0) is 32.5 Å². The van der Waals surface area contributed by atoms with E-state index in [1.54, 1.807) is 0 Å². The van der Waals surface area contributed by atoms with Crippen LogP contribution >= 0.6 is 0 Å². The fourth-order valence-corrected chi connectivity index (χ4v) is 2.10. The molecule has 2 N–H and O–H groups in total. The van der Waals surface area contributed by atoms with Crippen LogP contribution < -0.4 is 5.73 Å². The molecular formula is C10H23N3. The van der Waals surface area contributed by atoms with Crippen LogP contribution in [0.1, 0.15) is 13.3 Å². The Morgan fingerprint density at radius 3 is 2.77 bits per heavy atom. The SMILES string of the molecule is CCN(CCN)CC1CCN(C)C1. The Morgan fingerprint density at radius 1 is 1.54 bits per heavy atom. The first-order valence-electron chi connectivity index (χ1n) is 5.37. The quantitative estimate of drug-likeness (QED) is 0.665. The summed E-state index contributed by atoms with van der Waals surface area (Å²) in [6.45, 7) is 8.96. The lowest BCUT2D eigenvalue weighted by Crippen LogP contribution is -2.34. The third-order valence-electron chi connectivity index (χ3n) is 2.90. The van der Waals surface area contributed by atoms with Crippen LogP contribution in [-0.4, -0.2) is 56.1 Å². The van der Waals surface area contributed by atoms with Gasteiger partial charge in [0.1, 0.15) is 0 Å². The average molecular weight is 185 g/mol. The number of hydrogen-bond donors (Lipinski definition) is 1. The Hall–Kier alpha value is -0.120. The molecule has 78 valence electrons. The van der Waals surface area contributed by atoms with Gasteiger partial charge in [-0.2, -0.15) is 0 Å². The largest absolute Gasteiger partial charge is 0.329 e. The zero-order valence-corrected chi connectivity index (χ0v) is 9.00. The first-order chi connectivity index (χ1) is 6.26. The van der Waals surface area contributed by atoms with Crippen molar-refractivity contribution in [3.05, 3.63) is 0 Å². The Balaban J connectivity index is 2.21. The van der Waals surface area contributed by atoms with Crippen molar-refractivity contribution in [2.24, 2.45) is 11.7 Å². The van der Waals surface area contributed by atoms with Gasteiger partial charge >= 0.3 is 0 Å². The van der Waals surface area contributed by atoms with Gasteiger partial charge in [0.15, 0.2) is 0 Å². The first kappa shape index (κ1) is 11.0. The van der Waals surface area contributed by atoms with Gasteiger partial charge in [0.2, 0.25) is 0 Å². The van der Waals surface area contributed by atoms with Crippen LogP contribution in [0.5, 0.6) is 0 Å². The van der Waals surface area contributed by atoms with E-state index in [-0.39, 0.29) is 0 Å². The number of hydrogen-bond acceptors (Lipinski definition) is 3. The molecule has 0 amide bonds. The smallest absolute Gasteiger partial charge is 0.0105 e. The van der Waals surface area contributed by atoms with Gasteiger partial charge < -0.3 is 15.5 Å². The summed E-state index contributed by atoms with van der Waals surface area (Å²) in [4.78, 5) is 4.88. The number of nitrogens with two attached hydrogens (primary N) is 1. The van der Waals surface area contributed by atoms with E-state index < -0.39 is 0 Å². The fraction of sp³-hybridized carbons (Fsp3) is 1.00. The van der Waals surface area contributed by atoms with Gasteiger partial charge in [-0.1, -0.05) is 6.92 Å². The van der Waals surface area contributed by atoms with E-state index in [0.29, 0.717) is 0 Å². The highest BCUT2D eigenvalue weighted by molar-refractivity contribution is 4.75. The van der Waals surface area contributed by atoms with Crippen LogP contribution in [-0.2, 0) is 0 Å². The van der Waals surface area contributed by atoms with Crippen molar-refractivity contribution in [1.29, 1.82) is 0 Å². The van der Waals surface area contributed by atoms with Crippen LogP contribution in [0.3, 0.4) is 0 Å². The van der Waals surface area contributed by atoms with Crippen molar-refractivity contribution in [2.75, 3.05) is 46.3 Å². The minimum Gasteiger partial charge on any atom is -0.329 e. The average Bonchev–Trinajstić information content (AvgIpc) is 2.50. The van der Waals surface area contributed by atoms with E-state index in [0.717, 1.165) is 25.6 Å². The molecule has 0 aromatic carbocycles.